The van der Waals surface area contributed by atoms with Crippen LogP contribution in [0.1, 0.15) is 48.0 Å². The molecule has 0 aliphatic rings. The predicted molar refractivity (Wildman–Crippen MR) is 147 cm³/mol. The van der Waals surface area contributed by atoms with Gasteiger partial charge in [-0.1, -0.05) is 20.8 Å². The lowest BCUT2D eigenvalue weighted by Gasteiger charge is -2.23. The van der Waals surface area contributed by atoms with Gasteiger partial charge in [0.25, 0.3) is 5.91 Å². The van der Waals surface area contributed by atoms with Crippen molar-refractivity contribution in [3.63, 3.8) is 0 Å². The molecule has 3 aromatic rings. The van der Waals surface area contributed by atoms with Gasteiger partial charge in [-0.05, 0) is 65.9 Å². The smallest absolute Gasteiger partial charge is 0.259 e. The van der Waals surface area contributed by atoms with E-state index in [0.717, 1.165) is 34.5 Å². The lowest BCUT2D eigenvalue weighted by atomic mass is 9.85. The number of nitrogens with one attached hydrogen (secondary N) is 3. The highest BCUT2D eigenvalue weighted by Gasteiger charge is 2.24. The summed E-state index contributed by atoms with van der Waals surface area (Å²) in [6.45, 7) is 8.34. The molecule has 1 amide bonds. The van der Waals surface area contributed by atoms with Crippen LogP contribution in [0.2, 0.25) is 0 Å². The third kappa shape index (κ3) is 7.36. The molecule has 3 N–H and O–H groups in total. The molecule has 0 aliphatic heterocycles. The Balaban J connectivity index is 1.89. The molecular weight excluding hydrogens is 492 g/mol. The number of pyridine rings is 1. The van der Waals surface area contributed by atoms with Gasteiger partial charge in [0.1, 0.15) is 5.75 Å². The maximum atomic E-state index is 13.4. The van der Waals surface area contributed by atoms with E-state index in [1.807, 2.05) is 58.0 Å². The molecule has 0 unspecified atom stereocenters. The Bertz CT molecular complexity index is 1380. The van der Waals surface area contributed by atoms with Crippen LogP contribution in [0.25, 0.3) is 0 Å². The zero-order chi connectivity index (χ0) is 27.4. The average molecular weight is 527 g/mol. The number of sulfonamides is 1. The SMILES string of the molecule is COc1ccc(NCc2cc(NC(=O)c3cc(C(C)(C)C)cc(NS(C)(=O)=O)c3OC)cnc2C)cc1. The van der Waals surface area contributed by atoms with Crippen LogP contribution in [0, 0.1) is 6.92 Å². The van der Waals surface area contributed by atoms with Crippen molar-refractivity contribution in [3.05, 3.63) is 71.0 Å². The van der Waals surface area contributed by atoms with Gasteiger partial charge < -0.3 is 20.1 Å². The fourth-order valence-electron chi connectivity index (χ4n) is 3.66. The van der Waals surface area contributed by atoms with E-state index in [0.29, 0.717) is 12.2 Å². The second-order valence-corrected chi connectivity index (χ2v) is 11.5. The number of amides is 1. The van der Waals surface area contributed by atoms with E-state index >= 15 is 0 Å². The van der Waals surface area contributed by atoms with Crippen molar-refractivity contribution in [2.75, 3.05) is 35.8 Å². The molecule has 0 radical (unpaired) electrons. The zero-order valence-electron chi connectivity index (χ0n) is 22.2. The Labute approximate surface area is 218 Å². The molecule has 0 saturated heterocycles. The van der Waals surface area contributed by atoms with Gasteiger partial charge in [-0.3, -0.25) is 14.5 Å². The average Bonchev–Trinajstić information content (AvgIpc) is 2.82. The fraction of sp³-hybridized carbons (Fsp3) is 0.333. The lowest BCUT2D eigenvalue weighted by Crippen LogP contribution is -2.20. The summed E-state index contributed by atoms with van der Waals surface area (Å²) in [7, 11) is -0.587. The summed E-state index contributed by atoms with van der Waals surface area (Å²) >= 11 is 0. The topological polar surface area (TPSA) is 119 Å². The first-order valence-electron chi connectivity index (χ1n) is 11.7. The van der Waals surface area contributed by atoms with E-state index in [-0.39, 0.29) is 22.4 Å². The van der Waals surface area contributed by atoms with Crippen LogP contribution >= 0.6 is 0 Å². The minimum Gasteiger partial charge on any atom is -0.497 e. The van der Waals surface area contributed by atoms with Crippen molar-refractivity contribution >= 4 is 33.0 Å². The normalized spacial score (nSPS) is 11.5. The second-order valence-electron chi connectivity index (χ2n) is 9.73. The van der Waals surface area contributed by atoms with Crippen molar-refractivity contribution in [2.24, 2.45) is 0 Å². The monoisotopic (exact) mass is 526 g/mol. The minimum absolute atomic E-state index is 0.136. The van der Waals surface area contributed by atoms with Gasteiger partial charge in [0.05, 0.1) is 43.6 Å². The van der Waals surface area contributed by atoms with Crippen molar-refractivity contribution in [3.8, 4) is 11.5 Å². The van der Waals surface area contributed by atoms with Gasteiger partial charge in [0.2, 0.25) is 10.0 Å². The molecule has 0 atom stereocenters. The number of nitrogens with zero attached hydrogens (tertiary/aromatic N) is 1. The van der Waals surface area contributed by atoms with Crippen LogP contribution in [0.15, 0.2) is 48.7 Å². The number of hydrogen-bond acceptors (Lipinski definition) is 7. The number of carbonyl (C=O) groups is 1. The summed E-state index contributed by atoms with van der Waals surface area (Å²) in [6, 6.07) is 12.8. The highest BCUT2D eigenvalue weighted by Crippen LogP contribution is 2.36. The molecule has 0 spiro atoms. The fourth-order valence-corrected chi connectivity index (χ4v) is 4.21. The molecule has 10 heteroatoms. The van der Waals surface area contributed by atoms with Crippen LogP contribution in [0.3, 0.4) is 0 Å². The van der Waals surface area contributed by atoms with E-state index in [1.165, 1.54) is 7.11 Å². The Morgan fingerprint density at radius 1 is 1.00 bits per heavy atom. The highest BCUT2D eigenvalue weighted by molar-refractivity contribution is 7.92. The van der Waals surface area contributed by atoms with Crippen molar-refractivity contribution in [1.82, 2.24) is 4.98 Å². The second kappa shape index (κ2) is 11.1. The molecule has 3 rings (SSSR count). The number of benzene rings is 2. The number of carbonyl (C=O) groups excluding carboxylic acids is 1. The number of aryl methyl sites for hydroxylation is 1. The summed E-state index contributed by atoms with van der Waals surface area (Å²) < 4.78 is 37.1. The van der Waals surface area contributed by atoms with Gasteiger partial charge in [-0.2, -0.15) is 0 Å². The molecule has 0 fully saturated rings. The van der Waals surface area contributed by atoms with E-state index in [1.54, 1.807) is 25.4 Å². The van der Waals surface area contributed by atoms with Crippen LogP contribution in [0.4, 0.5) is 17.1 Å². The summed E-state index contributed by atoms with van der Waals surface area (Å²) in [4.78, 5) is 17.8. The first-order chi connectivity index (χ1) is 17.3. The minimum atomic E-state index is -3.60. The Hall–Kier alpha value is -3.79. The summed E-state index contributed by atoms with van der Waals surface area (Å²) in [5.74, 6) is 0.463. The Kier molecular flexibility index (Phi) is 8.32. The van der Waals surface area contributed by atoms with Gasteiger partial charge in [0, 0.05) is 17.9 Å². The number of aromatic nitrogens is 1. The van der Waals surface area contributed by atoms with E-state index in [9.17, 15) is 13.2 Å². The highest BCUT2D eigenvalue weighted by atomic mass is 32.2. The summed E-state index contributed by atoms with van der Waals surface area (Å²) in [5, 5.41) is 6.22. The molecule has 37 heavy (non-hydrogen) atoms. The molecule has 0 aliphatic carbocycles. The Morgan fingerprint density at radius 2 is 1.68 bits per heavy atom. The van der Waals surface area contributed by atoms with Crippen LogP contribution in [-0.2, 0) is 22.0 Å². The molecule has 2 aromatic carbocycles. The largest absolute Gasteiger partial charge is 0.497 e. The molecule has 0 saturated carbocycles. The van der Waals surface area contributed by atoms with Gasteiger partial charge in [0.15, 0.2) is 5.75 Å². The van der Waals surface area contributed by atoms with Crippen LogP contribution < -0.4 is 24.8 Å². The quantitative estimate of drug-likeness (QED) is 0.361. The van der Waals surface area contributed by atoms with Crippen LogP contribution in [0.5, 0.6) is 11.5 Å². The Morgan fingerprint density at radius 3 is 2.24 bits per heavy atom. The van der Waals surface area contributed by atoms with Crippen molar-refractivity contribution in [2.45, 2.75) is 39.7 Å². The third-order valence-corrected chi connectivity index (χ3v) is 6.31. The zero-order valence-corrected chi connectivity index (χ0v) is 23.0. The molecule has 198 valence electrons. The van der Waals surface area contributed by atoms with Gasteiger partial charge in [-0.15, -0.1) is 0 Å². The first kappa shape index (κ1) is 27.8. The maximum Gasteiger partial charge on any atom is 0.259 e. The number of rotatable bonds is 9. The number of methoxy groups -OCH3 is 2. The van der Waals surface area contributed by atoms with Crippen LogP contribution in [-0.4, -0.2) is 39.8 Å². The van der Waals surface area contributed by atoms with E-state index in [2.05, 4.69) is 20.3 Å². The maximum absolute atomic E-state index is 13.4. The van der Waals surface area contributed by atoms with E-state index in [4.69, 9.17) is 9.47 Å². The number of ether oxygens (including phenoxy) is 2. The predicted octanol–water partition coefficient (Wildman–Crippen LogP) is 4.94. The third-order valence-electron chi connectivity index (χ3n) is 5.72. The summed E-state index contributed by atoms with van der Waals surface area (Å²) in [6.07, 6.45) is 2.63. The molecule has 1 heterocycles. The number of hydrogen-bond donors (Lipinski definition) is 3. The number of anilines is 3. The van der Waals surface area contributed by atoms with Crippen molar-refractivity contribution in [1.29, 1.82) is 0 Å². The van der Waals surface area contributed by atoms with E-state index < -0.39 is 15.9 Å². The van der Waals surface area contributed by atoms with Crippen molar-refractivity contribution < 1.29 is 22.7 Å². The molecule has 1 aromatic heterocycles. The molecule has 9 nitrogen and oxygen atoms in total. The van der Waals surface area contributed by atoms with Gasteiger partial charge in [-0.25, -0.2) is 8.42 Å². The first-order valence-corrected chi connectivity index (χ1v) is 13.5. The molecule has 0 bridgehead atoms. The lowest BCUT2D eigenvalue weighted by molar-refractivity contribution is 0.102. The van der Waals surface area contributed by atoms with Gasteiger partial charge >= 0.3 is 0 Å². The molecular formula is C27H34N4O5S. The standard InChI is InChI=1S/C27H34N4O5S/c1-17-18(15-29-20-8-10-22(35-5)11-9-20)12-21(16-28-17)30-26(32)23-13-19(27(2,3)4)14-24(25(23)36-6)31-37(7,33)34/h8-14,16,29,31H,15H2,1-7H3,(H,30,32). The summed E-state index contributed by atoms with van der Waals surface area (Å²) in [5.41, 5.74) is 3.99.